The lowest BCUT2D eigenvalue weighted by Gasteiger charge is -2.20. The summed E-state index contributed by atoms with van der Waals surface area (Å²) in [6, 6.07) is 19.6. The topological polar surface area (TPSA) is 66.5 Å². The zero-order valence-corrected chi connectivity index (χ0v) is 17.3. The third-order valence-electron chi connectivity index (χ3n) is 4.52. The van der Waals surface area contributed by atoms with E-state index < -0.39 is 10.0 Å². The first-order valence-corrected chi connectivity index (χ1v) is 11.2. The third-order valence-corrected chi connectivity index (χ3v) is 7.68. The molecule has 28 heavy (non-hydrogen) atoms. The maximum absolute atomic E-state index is 12.6. The first-order chi connectivity index (χ1) is 13.4. The minimum atomic E-state index is -3.59. The fourth-order valence-corrected chi connectivity index (χ4v) is 5.21. The first kappa shape index (κ1) is 20.1. The molecule has 0 bridgehead atoms. The Balaban J connectivity index is 1.74. The summed E-state index contributed by atoms with van der Waals surface area (Å²) >= 11 is 1.17. The molecule has 0 aliphatic carbocycles. The third kappa shape index (κ3) is 4.26. The van der Waals surface area contributed by atoms with Crippen LogP contribution in [0.4, 0.5) is 5.69 Å². The van der Waals surface area contributed by atoms with Gasteiger partial charge < -0.3 is 5.32 Å². The molecule has 1 N–H and O–H groups in total. The molecule has 0 fully saturated rings. The average molecular weight is 415 g/mol. The van der Waals surface area contributed by atoms with E-state index in [2.05, 4.69) is 5.32 Å². The number of carbonyl (C=O) groups excluding carboxylic acids is 1. The predicted octanol–water partition coefficient (Wildman–Crippen LogP) is 4.45. The van der Waals surface area contributed by atoms with Gasteiger partial charge in [-0.15, -0.1) is 11.3 Å². The number of nitrogens with zero attached hydrogens (tertiary/aromatic N) is 1. The first-order valence-electron chi connectivity index (χ1n) is 8.91. The standard InChI is InChI=1S/C21H22N2O3S2/c1-3-19(16-8-5-4-6-9-16)22-21(24)17-11-13-18(14-12-17)23(2)28(25,26)20-10-7-15-27-20/h4-15,19H,3H2,1-2H3,(H,22,24)/t19-/m0/s1. The minimum Gasteiger partial charge on any atom is -0.345 e. The highest BCUT2D eigenvalue weighted by atomic mass is 32.2. The molecule has 1 amide bonds. The second-order valence-electron chi connectivity index (χ2n) is 6.30. The van der Waals surface area contributed by atoms with Crippen LogP contribution >= 0.6 is 11.3 Å². The maximum atomic E-state index is 12.6. The molecule has 3 rings (SSSR count). The molecule has 0 unspecified atom stereocenters. The van der Waals surface area contributed by atoms with Crippen molar-refractivity contribution in [3.63, 3.8) is 0 Å². The van der Waals surface area contributed by atoms with Gasteiger partial charge in [0.05, 0.1) is 11.7 Å². The van der Waals surface area contributed by atoms with E-state index in [1.165, 1.54) is 22.7 Å². The monoisotopic (exact) mass is 414 g/mol. The molecular formula is C21H22N2O3S2. The van der Waals surface area contributed by atoms with Crippen LogP contribution in [0.2, 0.25) is 0 Å². The van der Waals surface area contributed by atoms with Crippen molar-refractivity contribution in [2.24, 2.45) is 0 Å². The van der Waals surface area contributed by atoms with Gasteiger partial charge in [-0.1, -0.05) is 43.3 Å². The van der Waals surface area contributed by atoms with Crippen LogP contribution in [0.3, 0.4) is 0 Å². The van der Waals surface area contributed by atoms with Crippen molar-refractivity contribution < 1.29 is 13.2 Å². The van der Waals surface area contributed by atoms with Crippen LogP contribution < -0.4 is 9.62 Å². The number of amides is 1. The van der Waals surface area contributed by atoms with Gasteiger partial charge in [0.1, 0.15) is 4.21 Å². The maximum Gasteiger partial charge on any atom is 0.273 e. The molecule has 1 aromatic heterocycles. The summed E-state index contributed by atoms with van der Waals surface area (Å²) in [6.07, 6.45) is 0.773. The fraction of sp³-hybridized carbons (Fsp3) is 0.190. The van der Waals surface area contributed by atoms with Crippen molar-refractivity contribution in [3.8, 4) is 0 Å². The Morgan fingerprint density at radius 2 is 1.71 bits per heavy atom. The van der Waals surface area contributed by atoms with Crippen LogP contribution in [-0.4, -0.2) is 21.4 Å². The van der Waals surface area contributed by atoms with E-state index >= 15 is 0 Å². The number of hydrogen-bond acceptors (Lipinski definition) is 4. The Morgan fingerprint density at radius 1 is 1.04 bits per heavy atom. The molecule has 0 aliphatic rings. The number of nitrogens with one attached hydrogen (secondary N) is 1. The molecule has 0 saturated heterocycles. The summed E-state index contributed by atoms with van der Waals surface area (Å²) in [5.74, 6) is -0.189. The molecule has 146 valence electrons. The van der Waals surface area contributed by atoms with Crippen molar-refractivity contribution in [1.82, 2.24) is 5.32 Å². The number of benzene rings is 2. The molecule has 1 heterocycles. The summed E-state index contributed by atoms with van der Waals surface area (Å²) in [7, 11) is -2.08. The van der Waals surface area contributed by atoms with E-state index in [9.17, 15) is 13.2 Å². The number of thiophene rings is 1. The molecule has 0 saturated carbocycles. The van der Waals surface area contributed by atoms with Crippen molar-refractivity contribution in [2.45, 2.75) is 23.6 Å². The largest absolute Gasteiger partial charge is 0.345 e. The second-order valence-corrected chi connectivity index (χ2v) is 9.44. The SMILES string of the molecule is CC[C@H](NC(=O)c1ccc(N(C)S(=O)(=O)c2cccs2)cc1)c1ccccc1. The molecule has 1 atom stereocenters. The number of sulfonamides is 1. The molecule has 0 radical (unpaired) electrons. The zero-order chi connectivity index (χ0) is 20.1. The van der Waals surface area contributed by atoms with Gasteiger partial charge in [-0.3, -0.25) is 9.10 Å². The number of carbonyl (C=O) groups is 1. The Morgan fingerprint density at radius 3 is 2.29 bits per heavy atom. The smallest absolute Gasteiger partial charge is 0.273 e. The summed E-state index contributed by atoms with van der Waals surface area (Å²) in [4.78, 5) is 12.6. The van der Waals surface area contributed by atoms with Gasteiger partial charge in [0, 0.05) is 12.6 Å². The van der Waals surface area contributed by atoms with E-state index in [0.29, 0.717) is 11.3 Å². The van der Waals surface area contributed by atoms with Crippen LogP contribution in [0, 0.1) is 0 Å². The Kier molecular flexibility index (Phi) is 6.16. The van der Waals surface area contributed by atoms with Gasteiger partial charge in [0.15, 0.2) is 0 Å². The molecule has 0 spiro atoms. The highest BCUT2D eigenvalue weighted by Gasteiger charge is 2.22. The average Bonchev–Trinajstić information content (AvgIpc) is 3.28. The van der Waals surface area contributed by atoms with E-state index in [-0.39, 0.29) is 16.2 Å². The molecule has 2 aromatic carbocycles. The predicted molar refractivity (Wildman–Crippen MR) is 113 cm³/mol. The van der Waals surface area contributed by atoms with Crippen LogP contribution in [-0.2, 0) is 10.0 Å². The van der Waals surface area contributed by atoms with Crippen molar-refractivity contribution in [2.75, 3.05) is 11.4 Å². The lowest BCUT2D eigenvalue weighted by molar-refractivity contribution is 0.0935. The highest BCUT2D eigenvalue weighted by Crippen LogP contribution is 2.25. The van der Waals surface area contributed by atoms with Gasteiger partial charge in [-0.25, -0.2) is 8.42 Å². The minimum absolute atomic E-state index is 0.0738. The van der Waals surface area contributed by atoms with Gasteiger partial charge in [-0.2, -0.15) is 0 Å². The summed E-state index contributed by atoms with van der Waals surface area (Å²) < 4.78 is 26.7. The fourth-order valence-electron chi connectivity index (χ4n) is 2.85. The normalized spacial score (nSPS) is 12.4. The van der Waals surface area contributed by atoms with E-state index in [0.717, 1.165) is 12.0 Å². The summed E-state index contributed by atoms with van der Waals surface area (Å²) in [5, 5.41) is 4.76. The number of hydrogen-bond donors (Lipinski definition) is 1. The quantitative estimate of drug-likeness (QED) is 0.621. The highest BCUT2D eigenvalue weighted by molar-refractivity contribution is 7.94. The van der Waals surface area contributed by atoms with Gasteiger partial charge >= 0.3 is 0 Å². The van der Waals surface area contributed by atoms with Crippen molar-refractivity contribution >= 4 is 33.0 Å². The van der Waals surface area contributed by atoms with Gasteiger partial charge in [0.25, 0.3) is 15.9 Å². The lowest BCUT2D eigenvalue weighted by Crippen LogP contribution is -2.28. The van der Waals surface area contributed by atoms with E-state index in [1.54, 1.807) is 41.8 Å². The Bertz CT molecular complexity index is 1020. The number of rotatable bonds is 7. The molecule has 0 aliphatic heterocycles. The second kappa shape index (κ2) is 8.58. The molecule has 7 heteroatoms. The van der Waals surface area contributed by atoms with Gasteiger partial charge in [-0.05, 0) is 47.7 Å². The van der Waals surface area contributed by atoms with E-state index in [4.69, 9.17) is 0 Å². The van der Waals surface area contributed by atoms with Crippen molar-refractivity contribution in [3.05, 3.63) is 83.2 Å². The van der Waals surface area contributed by atoms with Crippen molar-refractivity contribution in [1.29, 1.82) is 0 Å². The molecule has 3 aromatic rings. The molecular weight excluding hydrogens is 392 g/mol. The summed E-state index contributed by atoms with van der Waals surface area (Å²) in [6.45, 7) is 2.02. The Hall–Kier alpha value is -2.64. The molecule has 5 nitrogen and oxygen atoms in total. The van der Waals surface area contributed by atoms with Crippen LogP contribution in [0.15, 0.2) is 76.3 Å². The summed E-state index contributed by atoms with van der Waals surface area (Å²) in [5.41, 5.74) is 2.04. The number of anilines is 1. The Labute approximate surface area is 169 Å². The zero-order valence-electron chi connectivity index (χ0n) is 15.7. The van der Waals surface area contributed by atoms with Crippen LogP contribution in [0.25, 0.3) is 0 Å². The van der Waals surface area contributed by atoms with Crippen LogP contribution in [0.5, 0.6) is 0 Å². The van der Waals surface area contributed by atoms with Crippen LogP contribution in [0.1, 0.15) is 35.3 Å². The van der Waals surface area contributed by atoms with E-state index in [1.807, 2.05) is 37.3 Å². The van der Waals surface area contributed by atoms with Gasteiger partial charge in [0.2, 0.25) is 0 Å². The lowest BCUT2D eigenvalue weighted by atomic mass is 10.0.